The monoisotopic (exact) mass is 296 g/mol. The lowest BCUT2D eigenvalue weighted by molar-refractivity contribution is -0.125. The van der Waals surface area contributed by atoms with Crippen molar-refractivity contribution in [2.45, 2.75) is 58.7 Å². The van der Waals surface area contributed by atoms with Gasteiger partial charge in [0.25, 0.3) is 0 Å². The van der Waals surface area contributed by atoms with Gasteiger partial charge in [-0.1, -0.05) is 0 Å². The number of amides is 1. The summed E-state index contributed by atoms with van der Waals surface area (Å²) in [5.41, 5.74) is 5.18. The molecule has 0 aliphatic carbocycles. The number of nitrogens with one attached hydrogen (secondary N) is 1. The Labute approximate surface area is 125 Å². The van der Waals surface area contributed by atoms with Crippen LogP contribution in [-0.2, 0) is 4.79 Å². The minimum Gasteiger partial charge on any atom is -0.491 e. The standard InChI is InChI=1S/C16H25FN2O2/c1-10(2)19-16(5,15(18)20)9-12(4)21-13-6-7-14(17)11(3)8-13/h6-8,10,12,19H,9H2,1-5H3,(H2,18,20). The van der Waals surface area contributed by atoms with Gasteiger partial charge in [0, 0.05) is 12.5 Å². The van der Waals surface area contributed by atoms with Crippen LogP contribution in [0.5, 0.6) is 5.75 Å². The van der Waals surface area contributed by atoms with Gasteiger partial charge in [0.2, 0.25) is 5.91 Å². The summed E-state index contributed by atoms with van der Waals surface area (Å²) in [6.45, 7) is 9.22. The van der Waals surface area contributed by atoms with Crippen LogP contribution >= 0.6 is 0 Å². The molecule has 5 heteroatoms. The van der Waals surface area contributed by atoms with Gasteiger partial charge in [0.05, 0.1) is 11.6 Å². The summed E-state index contributed by atoms with van der Waals surface area (Å²) in [6, 6.07) is 4.72. The second-order valence-electron chi connectivity index (χ2n) is 6.04. The fraction of sp³-hybridized carbons (Fsp3) is 0.562. The first-order chi connectivity index (χ1) is 9.64. The van der Waals surface area contributed by atoms with E-state index in [2.05, 4.69) is 5.32 Å². The van der Waals surface area contributed by atoms with Crippen LogP contribution in [0.3, 0.4) is 0 Å². The molecule has 1 rings (SSSR count). The molecule has 4 nitrogen and oxygen atoms in total. The van der Waals surface area contributed by atoms with E-state index in [1.54, 1.807) is 26.0 Å². The van der Waals surface area contributed by atoms with Gasteiger partial charge in [0.1, 0.15) is 11.6 Å². The third-order valence-corrected chi connectivity index (χ3v) is 3.31. The van der Waals surface area contributed by atoms with E-state index in [1.165, 1.54) is 6.07 Å². The van der Waals surface area contributed by atoms with Crippen molar-refractivity contribution < 1.29 is 13.9 Å². The molecule has 2 atom stereocenters. The van der Waals surface area contributed by atoms with Crippen molar-refractivity contribution in [3.8, 4) is 5.75 Å². The molecule has 0 bridgehead atoms. The Bertz CT molecular complexity index is 505. The summed E-state index contributed by atoms with van der Waals surface area (Å²) in [5.74, 6) is -0.0989. The van der Waals surface area contributed by atoms with E-state index in [9.17, 15) is 9.18 Å². The molecule has 0 heterocycles. The molecule has 0 saturated heterocycles. The van der Waals surface area contributed by atoms with Crippen LogP contribution in [0, 0.1) is 12.7 Å². The summed E-state index contributed by atoms with van der Waals surface area (Å²) >= 11 is 0. The van der Waals surface area contributed by atoms with E-state index in [-0.39, 0.29) is 18.0 Å². The molecule has 0 aliphatic heterocycles. The third kappa shape index (κ3) is 5.01. The molecule has 1 aromatic carbocycles. The molecule has 2 unspecified atom stereocenters. The maximum atomic E-state index is 13.2. The predicted octanol–water partition coefficient (Wildman–Crippen LogP) is 2.53. The van der Waals surface area contributed by atoms with Crippen LogP contribution in [0.4, 0.5) is 4.39 Å². The van der Waals surface area contributed by atoms with Gasteiger partial charge in [-0.05, 0) is 58.4 Å². The summed E-state index contributed by atoms with van der Waals surface area (Å²) in [4.78, 5) is 11.7. The summed E-state index contributed by atoms with van der Waals surface area (Å²) in [5, 5.41) is 3.18. The molecule has 0 saturated carbocycles. The van der Waals surface area contributed by atoms with Crippen LogP contribution in [0.25, 0.3) is 0 Å². The Hall–Kier alpha value is -1.62. The van der Waals surface area contributed by atoms with Gasteiger partial charge in [-0.2, -0.15) is 0 Å². The van der Waals surface area contributed by atoms with Crippen molar-refractivity contribution in [3.05, 3.63) is 29.6 Å². The molecule has 0 fully saturated rings. The Morgan fingerprint density at radius 2 is 2.05 bits per heavy atom. The average Bonchev–Trinajstić information content (AvgIpc) is 2.32. The van der Waals surface area contributed by atoms with Gasteiger partial charge >= 0.3 is 0 Å². The lowest BCUT2D eigenvalue weighted by Crippen LogP contribution is -2.57. The third-order valence-electron chi connectivity index (χ3n) is 3.31. The zero-order valence-corrected chi connectivity index (χ0v) is 13.4. The number of benzene rings is 1. The quantitative estimate of drug-likeness (QED) is 0.812. The van der Waals surface area contributed by atoms with Crippen molar-refractivity contribution >= 4 is 5.91 Å². The first-order valence-corrected chi connectivity index (χ1v) is 7.14. The molecular formula is C16H25FN2O2. The van der Waals surface area contributed by atoms with Crippen LogP contribution in [-0.4, -0.2) is 23.6 Å². The van der Waals surface area contributed by atoms with E-state index >= 15 is 0 Å². The van der Waals surface area contributed by atoms with Crippen LogP contribution in [0.1, 0.15) is 39.7 Å². The highest BCUT2D eigenvalue weighted by Crippen LogP contribution is 2.21. The molecule has 21 heavy (non-hydrogen) atoms. The lowest BCUT2D eigenvalue weighted by Gasteiger charge is -2.32. The largest absolute Gasteiger partial charge is 0.491 e. The molecular weight excluding hydrogens is 271 g/mol. The van der Waals surface area contributed by atoms with Gasteiger partial charge in [-0.3, -0.25) is 4.79 Å². The summed E-state index contributed by atoms with van der Waals surface area (Å²) < 4.78 is 19.0. The first-order valence-electron chi connectivity index (χ1n) is 7.14. The molecule has 0 aliphatic rings. The molecule has 3 N–H and O–H groups in total. The highest BCUT2D eigenvalue weighted by atomic mass is 19.1. The Morgan fingerprint density at radius 3 is 2.52 bits per heavy atom. The zero-order valence-electron chi connectivity index (χ0n) is 13.4. The van der Waals surface area contributed by atoms with Crippen molar-refractivity contribution in [3.63, 3.8) is 0 Å². The number of primary amides is 1. The van der Waals surface area contributed by atoms with Crippen LogP contribution < -0.4 is 15.8 Å². The number of hydrogen-bond acceptors (Lipinski definition) is 3. The Balaban J connectivity index is 2.76. The Morgan fingerprint density at radius 1 is 1.43 bits per heavy atom. The molecule has 0 radical (unpaired) electrons. The fourth-order valence-electron chi connectivity index (χ4n) is 2.41. The van der Waals surface area contributed by atoms with Crippen molar-refractivity contribution in [2.24, 2.45) is 5.73 Å². The SMILES string of the molecule is Cc1cc(OC(C)CC(C)(NC(C)C)C(N)=O)ccc1F. The van der Waals surface area contributed by atoms with Crippen molar-refractivity contribution in [2.75, 3.05) is 0 Å². The van der Waals surface area contributed by atoms with E-state index < -0.39 is 11.4 Å². The number of ether oxygens (including phenoxy) is 1. The highest BCUT2D eigenvalue weighted by Gasteiger charge is 2.33. The van der Waals surface area contributed by atoms with E-state index in [1.807, 2.05) is 20.8 Å². The van der Waals surface area contributed by atoms with Gasteiger partial charge in [-0.15, -0.1) is 0 Å². The molecule has 0 spiro atoms. The molecule has 1 amide bonds. The summed E-state index contributed by atoms with van der Waals surface area (Å²) in [7, 11) is 0. The zero-order chi connectivity index (χ0) is 16.2. The van der Waals surface area contributed by atoms with E-state index in [0.29, 0.717) is 17.7 Å². The lowest BCUT2D eigenvalue weighted by atomic mass is 9.93. The van der Waals surface area contributed by atoms with Crippen molar-refractivity contribution in [1.29, 1.82) is 0 Å². The number of halogens is 1. The van der Waals surface area contributed by atoms with Gasteiger partial charge in [0.15, 0.2) is 0 Å². The van der Waals surface area contributed by atoms with E-state index in [0.717, 1.165) is 0 Å². The van der Waals surface area contributed by atoms with E-state index in [4.69, 9.17) is 10.5 Å². The number of aryl methyl sites for hydroxylation is 1. The second kappa shape index (κ2) is 6.89. The molecule has 1 aromatic rings. The number of nitrogens with two attached hydrogens (primary N) is 1. The average molecular weight is 296 g/mol. The topological polar surface area (TPSA) is 64.3 Å². The Kier molecular flexibility index (Phi) is 5.72. The van der Waals surface area contributed by atoms with Gasteiger partial charge < -0.3 is 15.8 Å². The van der Waals surface area contributed by atoms with Gasteiger partial charge in [-0.25, -0.2) is 4.39 Å². The first kappa shape index (κ1) is 17.4. The maximum Gasteiger partial charge on any atom is 0.237 e. The maximum absolute atomic E-state index is 13.2. The van der Waals surface area contributed by atoms with Crippen LogP contribution in [0.2, 0.25) is 0 Å². The van der Waals surface area contributed by atoms with Crippen molar-refractivity contribution in [1.82, 2.24) is 5.32 Å². The smallest absolute Gasteiger partial charge is 0.237 e. The molecule has 0 aromatic heterocycles. The number of carbonyl (C=O) groups excluding carboxylic acids is 1. The van der Waals surface area contributed by atoms with Crippen LogP contribution in [0.15, 0.2) is 18.2 Å². The number of rotatable bonds is 7. The minimum absolute atomic E-state index is 0.128. The predicted molar refractivity (Wildman–Crippen MR) is 81.7 cm³/mol. The number of hydrogen-bond donors (Lipinski definition) is 2. The highest BCUT2D eigenvalue weighted by molar-refractivity contribution is 5.84. The summed E-state index contributed by atoms with van der Waals surface area (Å²) in [6.07, 6.45) is 0.190. The number of carbonyl (C=O) groups is 1. The molecule has 118 valence electrons. The normalized spacial score (nSPS) is 15.6. The minimum atomic E-state index is -0.845. The fourth-order valence-corrected chi connectivity index (χ4v) is 2.41. The second-order valence-corrected chi connectivity index (χ2v) is 6.04.